The molecule has 1 atom stereocenters. The molecule has 0 spiro atoms. The number of piperazine rings is 1. The molecule has 2 aromatic carbocycles. The van der Waals surface area contributed by atoms with E-state index in [4.69, 9.17) is 0 Å². The molecule has 8 nitrogen and oxygen atoms in total. The summed E-state index contributed by atoms with van der Waals surface area (Å²) < 4.78 is 32.0. The maximum absolute atomic E-state index is 15.8. The SMILES string of the molecule is C=CC(=O)N1CCN(c2nc(=O)n(-c3ccccc3C(C)(C)C)c3nc(-c4c(O)cccc4F)c(F)cc23)C(C)C1. The number of para-hydroxylation sites is 1. The summed E-state index contributed by atoms with van der Waals surface area (Å²) in [7, 11) is 0. The van der Waals surface area contributed by atoms with Crippen molar-refractivity contribution in [2.75, 3.05) is 24.5 Å². The molecule has 1 fully saturated rings. The number of pyridine rings is 1. The fraction of sp³-hybridized carbons (Fsp3) is 0.290. The molecule has 212 valence electrons. The molecule has 10 heteroatoms. The number of phenolic OH excluding ortho intramolecular Hbond substituents is 1. The van der Waals surface area contributed by atoms with Crippen LogP contribution < -0.4 is 10.6 Å². The van der Waals surface area contributed by atoms with Gasteiger partial charge in [-0.25, -0.2) is 23.1 Å². The van der Waals surface area contributed by atoms with Gasteiger partial charge in [0.1, 0.15) is 23.1 Å². The largest absolute Gasteiger partial charge is 0.507 e. The Hall–Kier alpha value is -4.60. The van der Waals surface area contributed by atoms with Crippen LogP contribution in [0.1, 0.15) is 33.3 Å². The number of hydrogen-bond acceptors (Lipinski definition) is 6. The zero-order valence-corrected chi connectivity index (χ0v) is 23.4. The summed E-state index contributed by atoms with van der Waals surface area (Å²) in [5.41, 5.74) is -0.470. The Kier molecular flexibility index (Phi) is 7.10. The highest BCUT2D eigenvalue weighted by Gasteiger charge is 2.31. The van der Waals surface area contributed by atoms with E-state index < -0.39 is 34.3 Å². The standard InChI is InChI=1S/C31H31F2N5O3/c1-6-25(40)36-14-15-37(18(2)17-36)28-19-16-22(33)27(26-21(32)11-9-13-24(26)39)34-29(19)38(30(41)35-28)23-12-8-7-10-20(23)31(3,4)5/h6-13,16,18,39H,1,14-15,17H2,2-5H3. The molecule has 1 saturated heterocycles. The van der Waals surface area contributed by atoms with Gasteiger partial charge in [-0.15, -0.1) is 0 Å². The molecule has 1 aliphatic rings. The Labute approximate surface area is 236 Å². The van der Waals surface area contributed by atoms with Crippen molar-refractivity contribution in [2.45, 2.75) is 39.2 Å². The van der Waals surface area contributed by atoms with Gasteiger partial charge in [0, 0.05) is 25.7 Å². The molecule has 0 radical (unpaired) electrons. The first kappa shape index (κ1) is 27.9. The van der Waals surface area contributed by atoms with Crippen LogP contribution in [0.5, 0.6) is 5.75 Å². The number of carbonyl (C=O) groups is 1. The van der Waals surface area contributed by atoms with E-state index in [1.807, 2.05) is 44.7 Å². The van der Waals surface area contributed by atoms with E-state index in [0.717, 1.165) is 11.6 Å². The summed E-state index contributed by atoms with van der Waals surface area (Å²) in [4.78, 5) is 38.5. The van der Waals surface area contributed by atoms with Crippen molar-refractivity contribution in [1.82, 2.24) is 19.4 Å². The normalized spacial score (nSPS) is 15.8. The number of anilines is 1. The minimum absolute atomic E-state index is 0.0625. The first-order chi connectivity index (χ1) is 19.4. The number of benzene rings is 2. The minimum Gasteiger partial charge on any atom is -0.507 e. The Balaban J connectivity index is 1.82. The highest BCUT2D eigenvalue weighted by Crippen LogP contribution is 2.37. The lowest BCUT2D eigenvalue weighted by Crippen LogP contribution is -2.54. The van der Waals surface area contributed by atoms with E-state index in [9.17, 15) is 19.1 Å². The molecule has 3 heterocycles. The lowest BCUT2D eigenvalue weighted by Gasteiger charge is -2.40. The number of rotatable bonds is 4. The van der Waals surface area contributed by atoms with Crippen molar-refractivity contribution in [3.63, 3.8) is 0 Å². The number of halogens is 2. The summed E-state index contributed by atoms with van der Waals surface area (Å²) >= 11 is 0. The second-order valence-corrected chi connectivity index (χ2v) is 11.2. The van der Waals surface area contributed by atoms with Crippen LogP contribution in [0.3, 0.4) is 0 Å². The third kappa shape index (κ3) is 4.94. The van der Waals surface area contributed by atoms with Crippen molar-refractivity contribution in [3.8, 4) is 22.7 Å². The molecule has 0 bridgehead atoms. The van der Waals surface area contributed by atoms with E-state index in [2.05, 4.69) is 16.5 Å². The zero-order chi connectivity index (χ0) is 29.6. The van der Waals surface area contributed by atoms with Gasteiger partial charge >= 0.3 is 5.69 Å². The van der Waals surface area contributed by atoms with Crippen LogP contribution in [-0.2, 0) is 10.2 Å². The van der Waals surface area contributed by atoms with E-state index in [1.54, 1.807) is 17.0 Å². The Morgan fingerprint density at radius 3 is 2.46 bits per heavy atom. The van der Waals surface area contributed by atoms with Crippen LogP contribution in [0, 0.1) is 11.6 Å². The van der Waals surface area contributed by atoms with Crippen LogP contribution in [0.4, 0.5) is 14.6 Å². The number of amides is 1. The van der Waals surface area contributed by atoms with Crippen LogP contribution >= 0.6 is 0 Å². The molecule has 0 aliphatic carbocycles. The van der Waals surface area contributed by atoms with Gasteiger partial charge in [0.15, 0.2) is 11.5 Å². The van der Waals surface area contributed by atoms with Crippen LogP contribution in [-0.4, -0.2) is 56.1 Å². The summed E-state index contributed by atoms with van der Waals surface area (Å²) in [5.74, 6) is -2.21. The smallest absolute Gasteiger partial charge is 0.355 e. The minimum atomic E-state index is -0.886. The van der Waals surface area contributed by atoms with E-state index in [1.165, 1.54) is 28.8 Å². The summed E-state index contributed by atoms with van der Waals surface area (Å²) in [5, 5.41) is 10.7. The van der Waals surface area contributed by atoms with E-state index in [-0.39, 0.29) is 34.2 Å². The van der Waals surface area contributed by atoms with E-state index >= 15 is 4.39 Å². The first-order valence-corrected chi connectivity index (χ1v) is 13.3. The van der Waals surface area contributed by atoms with Crippen molar-refractivity contribution >= 4 is 22.8 Å². The molecular formula is C31H31F2N5O3. The van der Waals surface area contributed by atoms with Crippen molar-refractivity contribution < 1.29 is 18.7 Å². The predicted molar refractivity (Wildman–Crippen MR) is 154 cm³/mol. The number of aromatic nitrogens is 3. The summed E-state index contributed by atoms with van der Waals surface area (Å²) in [6.45, 7) is 12.5. The Morgan fingerprint density at radius 1 is 1.07 bits per heavy atom. The quantitative estimate of drug-likeness (QED) is 0.356. The fourth-order valence-corrected chi connectivity index (χ4v) is 5.37. The predicted octanol–water partition coefficient (Wildman–Crippen LogP) is 4.95. The highest BCUT2D eigenvalue weighted by molar-refractivity contribution is 5.91. The lowest BCUT2D eigenvalue weighted by atomic mass is 9.85. The van der Waals surface area contributed by atoms with Gasteiger partial charge in [-0.1, -0.05) is 51.6 Å². The van der Waals surface area contributed by atoms with Gasteiger partial charge in [0.05, 0.1) is 16.6 Å². The molecule has 2 aromatic heterocycles. The average Bonchev–Trinajstić information content (AvgIpc) is 2.92. The molecule has 1 unspecified atom stereocenters. The second kappa shape index (κ2) is 10.4. The van der Waals surface area contributed by atoms with Gasteiger partial charge in [-0.2, -0.15) is 4.98 Å². The van der Waals surface area contributed by atoms with Gasteiger partial charge in [-0.05, 0) is 48.2 Å². The van der Waals surface area contributed by atoms with E-state index in [0.29, 0.717) is 25.3 Å². The van der Waals surface area contributed by atoms with Gasteiger partial charge in [0.25, 0.3) is 0 Å². The summed E-state index contributed by atoms with van der Waals surface area (Å²) in [6.07, 6.45) is 1.25. The van der Waals surface area contributed by atoms with Crippen LogP contribution in [0.15, 0.2) is 66.0 Å². The highest BCUT2D eigenvalue weighted by atomic mass is 19.1. The molecule has 1 amide bonds. The monoisotopic (exact) mass is 559 g/mol. The average molecular weight is 560 g/mol. The molecule has 1 aliphatic heterocycles. The molecule has 1 N–H and O–H groups in total. The number of nitrogens with zero attached hydrogens (tertiary/aromatic N) is 5. The fourth-order valence-electron chi connectivity index (χ4n) is 5.37. The number of phenols is 1. The number of fused-ring (bicyclic) bond motifs is 1. The molecular weight excluding hydrogens is 528 g/mol. The topological polar surface area (TPSA) is 91.6 Å². The number of aromatic hydroxyl groups is 1. The van der Waals surface area contributed by atoms with Crippen molar-refractivity contribution in [3.05, 3.63) is 88.9 Å². The maximum atomic E-state index is 15.8. The molecule has 0 saturated carbocycles. The number of hydrogen-bond donors (Lipinski definition) is 1. The van der Waals surface area contributed by atoms with Crippen molar-refractivity contribution in [2.24, 2.45) is 0 Å². The number of carbonyl (C=O) groups excluding carboxylic acids is 1. The zero-order valence-electron chi connectivity index (χ0n) is 23.4. The van der Waals surface area contributed by atoms with Crippen LogP contribution in [0.2, 0.25) is 0 Å². The molecule has 41 heavy (non-hydrogen) atoms. The molecule has 4 aromatic rings. The summed E-state index contributed by atoms with van der Waals surface area (Å²) in [6, 6.07) is 11.9. The second-order valence-electron chi connectivity index (χ2n) is 11.2. The first-order valence-electron chi connectivity index (χ1n) is 13.3. The third-order valence-electron chi connectivity index (χ3n) is 7.37. The van der Waals surface area contributed by atoms with Gasteiger partial charge in [0.2, 0.25) is 5.91 Å². The Bertz CT molecular complexity index is 1720. The third-order valence-corrected chi connectivity index (χ3v) is 7.37. The van der Waals surface area contributed by atoms with Crippen molar-refractivity contribution in [1.29, 1.82) is 0 Å². The lowest BCUT2D eigenvalue weighted by molar-refractivity contribution is -0.126. The van der Waals surface area contributed by atoms with Gasteiger partial charge in [-0.3, -0.25) is 4.79 Å². The molecule has 5 rings (SSSR count). The van der Waals surface area contributed by atoms with Crippen LogP contribution in [0.25, 0.3) is 28.0 Å². The Morgan fingerprint density at radius 2 is 1.80 bits per heavy atom. The van der Waals surface area contributed by atoms with Gasteiger partial charge < -0.3 is 14.9 Å². The maximum Gasteiger partial charge on any atom is 0.355 e.